The maximum absolute atomic E-state index is 13.2. The summed E-state index contributed by atoms with van der Waals surface area (Å²) >= 11 is 3.19. The van der Waals surface area contributed by atoms with Crippen molar-refractivity contribution >= 4 is 21.6 Å². The zero-order valence-electron chi connectivity index (χ0n) is 10.5. The van der Waals surface area contributed by atoms with Gasteiger partial charge in [-0.05, 0) is 58.2 Å². The lowest BCUT2D eigenvalue weighted by Crippen LogP contribution is -2.06. The Morgan fingerprint density at radius 2 is 1.89 bits per heavy atom. The SMILES string of the molecule is CC(Nc1ccc(CO)cc1)c1ccc(F)c(Br)c1. The molecule has 0 aliphatic rings. The number of rotatable bonds is 4. The van der Waals surface area contributed by atoms with Crippen molar-refractivity contribution in [1.29, 1.82) is 0 Å². The van der Waals surface area contributed by atoms with Crippen molar-refractivity contribution in [2.24, 2.45) is 0 Å². The van der Waals surface area contributed by atoms with Gasteiger partial charge < -0.3 is 10.4 Å². The average Bonchev–Trinajstić information content (AvgIpc) is 2.42. The molecule has 1 atom stereocenters. The number of anilines is 1. The molecule has 2 aromatic carbocycles. The van der Waals surface area contributed by atoms with Crippen LogP contribution in [0.5, 0.6) is 0 Å². The van der Waals surface area contributed by atoms with Crippen LogP contribution in [0.2, 0.25) is 0 Å². The fourth-order valence-corrected chi connectivity index (χ4v) is 2.22. The predicted octanol–water partition coefficient (Wildman–Crippen LogP) is 4.25. The summed E-state index contributed by atoms with van der Waals surface area (Å²) in [4.78, 5) is 0. The van der Waals surface area contributed by atoms with Crippen molar-refractivity contribution in [2.45, 2.75) is 19.6 Å². The lowest BCUT2D eigenvalue weighted by atomic mass is 10.1. The summed E-state index contributed by atoms with van der Waals surface area (Å²) in [5.74, 6) is -0.261. The summed E-state index contributed by atoms with van der Waals surface area (Å²) in [5.41, 5.74) is 2.84. The van der Waals surface area contributed by atoms with Crippen LogP contribution in [0, 0.1) is 5.82 Å². The van der Waals surface area contributed by atoms with Gasteiger partial charge in [-0.2, -0.15) is 0 Å². The lowest BCUT2D eigenvalue weighted by molar-refractivity contribution is 0.282. The number of nitrogens with one attached hydrogen (secondary N) is 1. The summed E-state index contributed by atoms with van der Waals surface area (Å²) in [6.45, 7) is 2.06. The highest BCUT2D eigenvalue weighted by Crippen LogP contribution is 2.24. The van der Waals surface area contributed by atoms with E-state index in [-0.39, 0.29) is 18.5 Å². The summed E-state index contributed by atoms with van der Waals surface area (Å²) in [6, 6.07) is 12.6. The molecule has 100 valence electrons. The summed E-state index contributed by atoms with van der Waals surface area (Å²) in [7, 11) is 0. The first kappa shape index (κ1) is 14.0. The van der Waals surface area contributed by atoms with E-state index in [0.717, 1.165) is 16.8 Å². The third-order valence-corrected chi connectivity index (χ3v) is 3.57. The highest BCUT2D eigenvalue weighted by atomic mass is 79.9. The van der Waals surface area contributed by atoms with Crippen LogP contribution in [-0.2, 0) is 6.61 Å². The van der Waals surface area contributed by atoms with Crippen molar-refractivity contribution in [2.75, 3.05) is 5.32 Å². The lowest BCUT2D eigenvalue weighted by Gasteiger charge is -2.16. The zero-order chi connectivity index (χ0) is 13.8. The third kappa shape index (κ3) is 3.55. The molecule has 0 radical (unpaired) electrons. The molecule has 0 fully saturated rings. The first-order chi connectivity index (χ1) is 9.10. The van der Waals surface area contributed by atoms with Crippen LogP contribution in [0.1, 0.15) is 24.1 Å². The fraction of sp³-hybridized carbons (Fsp3) is 0.200. The van der Waals surface area contributed by atoms with Crippen molar-refractivity contribution in [1.82, 2.24) is 0 Å². The molecule has 0 bridgehead atoms. The minimum absolute atomic E-state index is 0.0424. The molecule has 0 spiro atoms. The summed E-state index contributed by atoms with van der Waals surface area (Å²) < 4.78 is 13.6. The Labute approximate surface area is 120 Å². The average molecular weight is 324 g/mol. The second kappa shape index (κ2) is 6.17. The van der Waals surface area contributed by atoms with E-state index in [2.05, 4.69) is 21.2 Å². The largest absolute Gasteiger partial charge is 0.392 e. The van der Waals surface area contributed by atoms with Gasteiger partial charge in [-0.3, -0.25) is 0 Å². The minimum atomic E-state index is -0.261. The van der Waals surface area contributed by atoms with Gasteiger partial charge in [0.05, 0.1) is 11.1 Å². The molecule has 0 saturated heterocycles. The molecule has 0 amide bonds. The Morgan fingerprint density at radius 3 is 2.47 bits per heavy atom. The van der Waals surface area contributed by atoms with Gasteiger partial charge in [-0.1, -0.05) is 18.2 Å². The van der Waals surface area contributed by atoms with Gasteiger partial charge in [-0.15, -0.1) is 0 Å². The Morgan fingerprint density at radius 1 is 1.21 bits per heavy atom. The smallest absolute Gasteiger partial charge is 0.137 e. The number of benzene rings is 2. The van der Waals surface area contributed by atoms with Gasteiger partial charge >= 0.3 is 0 Å². The van der Waals surface area contributed by atoms with Crippen molar-refractivity contribution in [3.8, 4) is 0 Å². The molecule has 2 N–H and O–H groups in total. The Kier molecular flexibility index (Phi) is 4.56. The Balaban J connectivity index is 2.10. The van der Waals surface area contributed by atoms with Crippen LogP contribution in [0.25, 0.3) is 0 Å². The van der Waals surface area contributed by atoms with Gasteiger partial charge in [0, 0.05) is 11.7 Å². The first-order valence-corrected chi connectivity index (χ1v) is 6.80. The van der Waals surface area contributed by atoms with E-state index in [9.17, 15) is 4.39 Å². The van der Waals surface area contributed by atoms with E-state index in [1.54, 1.807) is 12.1 Å². The molecule has 4 heteroatoms. The Hall–Kier alpha value is -1.39. The normalized spacial score (nSPS) is 12.2. The van der Waals surface area contributed by atoms with Gasteiger partial charge in [0.2, 0.25) is 0 Å². The molecule has 19 heavy (non-hydrogen) atoms. The summed E-state index contributed by atoms with van der Waals surface area (Å²) in [6.07, 6.45) is 0. The van der Waals surface area contributed by atoms with Gasteiger partial charge in [0.15, 0.2) is 0 Å². The molecule has 2 rings (SSSR count). The standard InChI is InChI=1S/C15H15BrFNO/c1-10(12-4-7-15(17)14(16)8-12)18-13-5-2-11(9-19)3-6-13/h2-8,10,18-19H,9H2,1H3. The molecule has 0 aliphatic carbocycles. The van der Waals surface area contributed by atoms with Crippen LogP contribution in [0.4, 0.5) is 10.1 Å². The maximum Gasteiger partial charge on any atom is 0.137 e. The van der Waals surface area contributed by atoms with Crippen molar-refractivity contribution in [3.63, 3.8) is 0 Å². The molecule has 0 aliphatic heterocycles. The second-order valence-electron chi connectivity index (χ2n) is 4.39. The zero-order valence-corrected chi connectivity index (χ0v) is 12.1. The molecular formula is C15H15BrFNO. The molecule has 2 aromatic rings. The van der Waals surface area contributed by atoms with E-state index in [1.165, 1.54) is 6.07 Å². The fourth-order valence-electron chi connectivity index (χ4n) is 1.82. The monoisotopic (exact) mass is 323 g/mol. The van der Waals surface area contributed by atoms with E-state index >= 15 is 0 Å². The Bertz CT molecular complexity index is 557. The topological polar surface area (TPSA) is 32.3 Å². The minimum Gasteiger partial charge on any atom is -0.392 e. The maximum atomic E-state index is 13.2. The van der Waals surface area contributed by atoms with Crippen LogP contribution in [0.15, 0.2) is 46.9 Å². The number of halogens is 2. The van der Waals surface area contributed by atoms with E-state index in [0.29, 0.717) is 4.47 Å². The van der Waals surface area contributed by atoms with E-state index in [1.807, 2.05) is 31.2 Å². The number of aliphatic hydroxyl groups is 1. The molecule has 0 saturated carbocycles. The van der Waals surface area contributed by atoms with Gasteiger partial charge in [0.1, 0.15) is 5.82 Å². The van der Waals surface area contributed by atoms with Crippen LogP contribution in [0.3, 0.4) is 0 Å². The van der Waals surface area contributed by atoms with Gasteiger partial charge in [-0.25, -0.2) is 4.39 Å². The second-order valence-corrected chi connectivity index (χ2v) is 5.25. The molecule has 0 aromatic heterocycles. The van der Waals surface area contributed by atoms with E-state index < -0.39 is 0 Å². The van der Waals surface area contributed by atoms with Crippen molar-refractivity contribution < 1.29 is 9.50 Å². The van der Waals surface area contributed by atoms with Gasteiger partial charge in [0.25, 0.3) is 0 Å². The van der Waals surface area contributed by atoms with Crippen molar-refractivity contribution in [3.05, 3.63) is 63.9 Å². The molecule has 1 unspecified atom stereocenters. The van der Waals surface area contributed by atoms with E-state index in [4.69, 9.17) is 5.11 Å². The van der Waals surface area contributed by atoms with Crippen LogP contribution >= 0.6 is 15.9 Å². The number of hydrogen-bond donors (Lipinski definition) is 2. The number of aliphatic hydroxyl groups excluding tert-OH is 1. The predicted molar refractivity (Wildman–Crippen MR) is 78.5 cm³/mol. The van der Waals surface area contributed by atoms with Crippen LogP contribution in [-0.4, -0.2) is 5.11 Å². The molecular weight excluding hydrogens is 309 g/mol. The molecule has 0 heterocycles. The molecule has 2 nitrogen and oxygen atoms in total. The highest BCUT2D eigenvalue weighted by Gasteiger charge is 2.08. The first-order valence-electron chi connectivity index (χ1n) is 6.01. The third-order valence-electron chi connectivity index (χ3n) is 2.96. The van der Waals surface area contributed by atoms with Crippen LogP contribution < -0.4 is 5.32 Å². The quantitative estimate of drug-likeness (QED) is 0.881. The summed E-state index contributed by atoms with van der Waals surface area (Å²) in [5, 5.41) is 12.3. The highest BCUT2D eigenvalue weighted by molar-refractivity contribution is 9.10. The number of hydrogen-bond acceptors (Lipinski definition) is 2.